The summed E-state index contributed by atoms with van der Waals surface area (Å²) in [6, 6.07) is 15.6. The predicted molar refractivity (Wildman–Crippen MR) is 121 cm³/mol. The van der Waals surface area contributed by atoms with Crippen molar-refractivity contribution in [2.75, 3.05) is 18.4 Å². The molecular weight excluding hydrogens is 398 g/mol. The summed E-state index contributed by atoms with van der Waals surface area (Å²) in [4.78, 5) is 25.8. The van der Waals surface area contributed by atoms with E-state index in [2.05, 4.69) is 27.7 Å². The Hall–Kier alpha value is -2.37. The lowest BCUT2D eigenvalue weighted by atomic mass is 9.93. The number of benzene rings is 2. The predicted octanol–water partition coefficient (Wildman–Crippen LogP) is 4.61. The lowest BCUT2D eigenvalue weighted by molar-refractivity contribution is -0.121. The fourth-order valence-corrected chi connectivity index (χ4v) is 4.15. The van der Waals surface area contributed by atoms with E-state index >= 15 is 0 Å². The van der Waals surface area contributed by atoms with Gasteiger partial charge in [-0.3, -0.25) is 14.5 Å². The van der Waals surface area contributed by atoms with Crippen molar-refractivity contribution in [1.82, 2.24) is 10.2 Å². The standard InChI is InChI=1S/C24H30ClN3O2/c1-18(29)27-22-11-8-20(9-12-22)17-28-14-4-5-19(16-28)10-13-24(30)26-15-21-6-2-3-7-23(21)25/h2-3,6-9,11-12,19H,4-5,10,13-17H2,1H3,(H,26,30)(H,27,29)/t19-/m0/s1. The number of hydrogen-bond donors (Lipinski definition) is 2. The van der Waals surface area contributed by atoms with Crippen LogP contribution in [0.15, 0.2) is 48.5 Å². The summed E-state index contributed by atoms with van der Waals surface area (Å²) in [5.74, 6) is 0.571. The number of halogens is 1. The van der Waals surface area contributed by atoms with Gasteiger partial charge in [-0.2, -0.15) is 0 Å². The molecule has 30 heavy (non-hydrogen) atoms. The van der Waals surface area contributed by atoms with Crippen molar-refractivity contribution in [3.63, 3.8) is 0 Å². The van der Waals surface area contributed by atoms with Crippen LogP contribution in [0.2, 0.25) is 5.02 Å². The van der Waals surface area contributed by atoms with Gasteiger partial charge in [0.1, 0.15) is 0 Å². The van der Waals surface area contributed by atoms with Crippen molar-refractivity contribution >= 4 is 29.1 Å². The third kappa shape index (κ3) is 7.15. The number of carbonyl (C=O) groups is 2. The zero-order chi connectivity index (χ0) is 21.3. The maximum absolute atomic E-state index is 12.3. The van der Waals surface area contributed by atoms with Crippen molar-refractivity contribution in [3.8, 4) is 0 Å². The molecule has 0 aliphatic carbocycles. The number of hydrogen-bond acceptors (Lipinski definition) is 3. The fraction of sp³-hybridized carbons (Fsp3) is 0.417. The van der Waals surface area contributed by atoms with Gasteiger partial charge in [-0.1, -0.05) is 41.9 Å². The fourth-order valence-electron chi connectivity index (χ4n) is 3.94. The van der Waals surface area contributed by atoms with Gasteiger partial charge in [-0.05, 0) is 61.1 Å². The summed E-state index contributed by atoms with van der Waals surface area (Å²) in [7, 11) is 0. The molecule has 0 saturated carbocycles. The van der Waals surface area contributed by atoms with Crippen LogP contribution in [0.3, 0.4) is 0 Å². The summed E-state index contributed by atoms with van der Waals surface area (Å²) < 4.78 is 0. The first-order valence-corrected chi connectivity index (χ1v) is 11.0. The maximum Gasteiger partial charge on any atom is 0.221 e. The molecule has 2 N–H and O–H groups in total. The highest BCUT2D eigenvalue weighted by atomic mass is 35.5. The second-order valence-electron chi connectivity index (χ2n) is 8.03. The van der Waals surface area contributed by atoms with Crippen LogP contribution in [0.4, 0.5) is 5.69 Å². The molecule has 0 bridgehead atoms. The van der Waals surface area contributed by atoms with E-state index in [-0.39, 0.29) is 11.8 Å². The van der Waals surface area contributed by atoms with Gasteiger partial charge in [0.15, 0.2) is 0 Å². The molecule has 5 nitrogen and oxygen atoms in total. The van der Waals surface area contributed by atoms with Crippen LogP contribution in [0.5, 0.6) is 0 Å². The lowest BCUT2D eigenvalue weighted by Crippen LogP contribution is -2.35. The minimum Gasteiger partial charge on any atom is -0.352 e. The molecule has 0 unspecified atom stereocenters. The van der Waals surface area contributed by atoms with Crippen LogP contribution in [0.25, 0.3) is 0 Å². The highest BCUT2D eigenvalue weighted by Crippen LogP contribution is 2.23. The molecule has 1 fully saturated rings. The number of nitrogens with one attached hydrogen (secondary N) is 2. The van der Waals surface area contributed by atoms with Crippen molar-refractivity contribution in [2.24, 2.45) is 5.92 Å². The molecule has 2 aromatic rings. The quantitative estimate of drug-likeness (QED) is 0.646. The number of nitrogens with zero attached hydrogens (tertiary/aromatic N) is 1. The Balaban J connectivity index is 1.40. The van der Waals surface area contributed by atoms with Gasteiger partial charge >= 0.3 is 0 Å². The zero-order valence-electron chi connectivity index (χ0n) is 17.5. The van der Waals surface area contributed by atoms with Crippen LogP contribution in [0.1, 0.15) is 43.7 Å². The molecule has 1 aliphatic heterocycles. The molecule has 3 rings (SSSR count). The van der Waals surface area contributed by atoms with Gasteiger partial charge in [0.25, 0.3) is 0 Å². The Morgan fingerprint density at radius 1 is 1.13 bits per heavy atom. The molecule has 0 radical (unpaired) electrons. The number of piperidine rings is 1. The number of amides is 2. The van der Waals surface area contributed by atoms with Crippen LogP contribution < -0.4 is 10.6 Å². The van der Waals surface area contributed by atoms with E-state index < -0.39 is 0 Å². The Kier molecular flexibility index (Phi) is 8.29. The van der Waals surface area contributed by atoms with E-state index in [1.54, 1.807) is 0 Å². The molecule has 2 aromatic carbocycles. The molecule has 1 aliphatic rings. The zero-order valence-corrected chi connectivity index (χ0v) is 18.3. The molecule has 0 spiro atoms. The molecule has 2 amide bonds. The summed E-state index contributed by atoms with van der Waals surface area (Å²) >= 11 is 6.14. The largest absolute Gasteiger partial charge is 0.352 e. The lowest BCUT2D eigenvalue weighted by Gasteiger charge is -2.32. The molecule has 6 heteroatoms. The van der Waals surface area contributed by atoms with Crippen LogP contribution in [-0.4, -0.2) is 29.8 Å². The second-order valence-corrected chi connectivity index (χ2v) is 8.44. The van der Waals surface area contributed by atoms with Gasteiger partial charge in [0, 0.05) is 43.7 Å². The topological polar surface area (TPSA) is 61.4 Å². The summed E-state index contributed by atoms with van der Waals surface area (Å²) in [5.41, 5.74) is 3.01. The van der Waals surface area contributed by atoms with E-state index in [4.69, 9.17) is 11.6 Å². The Bertz CT molecular complexity index is 854. The monoisotopic (exact) mass is 427 g/mol. The van der Waals surface area contributed by atoms with E-state index in [0.29, 0.717) is 23.9 Å². The molecular formula is C24H30ClN3O2. The molecule has 160 valence electrons. The summed E-state index contributed by atoms with van der Waals surface area (Å²) in [6.45, 7) is 4.99. The van der Waals surface area contributed by atoms with Crippen LogP contribution in [-0.2, 0) is 22.7 Å². The Labute approximate surface area is 183 Å². The molecule has 1 saturated heterocycles. The average Bonchev–Trinajstić information content (AvgIpc) is 2.73. The first-order valence-electron chi connectivity index (χ1n) is 10.6. The third-order valence-electron chi connectivity index (χ3n) is 5.50. The van der Waals surface area contributed by atoms with E-state index in [0.717, 1.165) is 43.7 Å². The van der Waals surface area contributed by atoms with Crippen LogP contribution >= 0.6 is 11.6 Å². The number of anilines is 1. The second kappa shape index (κ2) is 11.1. The van der Waals surface area contributed by atoms with Gasteiger partial charge in [0.05, 0.1) is 0 Å². The maximum atomic E-state index is 12.3. The molecule has 1 heterocycles. The molecule has 0 aromatic heterocycles. The van der Waals surface area contributed by atoms with Crippen molar-refractivity contribution in [1.29, 1.82) is 0 Å². The van der Waals surface area contributed by atoms with Gasteiger partial charge in [-0.25, -0.2) is 0 Å². The first kappa shape index (κ1) is 22.3. The minimum absolute atomic E-state index is 0.0578. The van der Waals surface area contributed by atoms with Crippen molar-refractivity contribution < 1.29 is 9.59 Å². The number of likely N-dealkylation sites (tertiary alicyclic amines) is 1. The SMILES string of the molecule is CC(=O)Nc1ccc(CN2CCC[C@@H](CCC(=O)NCc3ccccc3Cl)C2)cc1. The van der Waals surface area contributed by atoms with Gasteiger partial charge in [-0.15, -0.1) is 0 Å². The number of rotatable bonds is 8. The Morgan fingerprint density at radius 2 is 1.90 bits per heavy atom. The Morgan fingerprint density at radius 3 is 2.63 bits per heavy atom. The van der Waals surface area contributed by atoms with Gasteiger partial charge < -0.3 is 10.6 Å². The van der Waals surface area contributed by atoms with Gasteiger partial charge in [0.2, 0.25) is 11.8 Å². The molecule has 1 atom stereocenters. The van der Waals surface area contributed by atoms with Crippen molar-refractivity contribution in [3.05, 3.63) is 64.7 Å². The van der Waals surface area contributed by atoms with E-state index in [1.165, 1.54) is 18.9 Å². The first-order chi connectivity index (χ1) is 14.5. The highest BCUT2D eigenvalue weighted by molar-refractivity contribution is 6.31. The van der Waals surface area contributed by atoms with Crippen molar-refractivity contribution in [2.45, 2.75) is 45.7 Å². The van der Waals surface area contributed by atoms with E-state index in [1.807, 2.05) is 36.4 Å². The smallest absolute Gasteiger partial charge is 0.221 e. The van der Waals surface area contributed by atoms with Crippen LogP contribution in [0, 0.1) is 5.92 Å². The highest BCUT2D eigenvalue weighted by Gasteiger charge is 2.20. The summed E-state index contributed by atoms with van der Waals surface area (Å²) in [6.07, 6.45) is 3.80. The third-order valence-corrected chi connectivity index (χ3v) is 5.87. The number of carbonyl (C=O) groups excluding carboxylic acids is 2. The average molecular weight is 428 g/mol. The minimum atomic E-state index is -0.0578. The summed E-state index contributed by atoms with van der Waals surface area (Å²) in [5, 5.41) is 6.46. The van der Waals surface area contributed by atoms with E-state index in [9.17, 15) is 9.59 Å². The normalized spacial score (nSPS) is 16.8.